The van der Waals surface area contributed by atoms with E-state index < -0.39 is 10.0 Å². The van der Waals surface area contributed by atoms with Crippen molar-refractivity contribution in [2.75, 3.05) is 4.72 Å². The zero-order chi connectivity index (χ0) is 14.8. The van der Waals surface area contributed by atoms with E-state index in [-0.39, 0.29) is 10.0 Å². The van der Waals surface area contributed by atoms with Gasteiger partial charge in [0.25, 0.3) is 10.0 Å². The molecular formula is C11H12BrN3O2S3. The lowest BCUT2D eigenvalue weighted by Gasteiger charge is -2.04. The number of benzene rings is 1. The van der Waals surface area contributed by atoms with Crippen molar-refractivity contribution in [3.63, 3.8) is 0 Å². The molecule has 0 bridgehead atoms. The van der Waals surface area contributed by atoms with Gasteiger partial charge in [-0.3, -0.25) is 4.72 Å². The molecule has 0 saturated carbocycles. The normalized spacial score (nSPS) is 11.8. The van der Waals surface area contributed by atoms with Crippen LogP contribution < -0.4 is 4.72 Å². The minimum atomic E-state index is -3.62. The van der Waals surface area contributed by atoms with Crippen molar-refractivity contribution < 1.29 is 8.42 Å². The van der Waals surface area contributed by atoms with Crippen molar-refractivity contribution in [1.82, 2.24) is 10.2 Å². The first-order valence-electron chi connectivity index (χ1n) is 5.65. The van der Waals surface area contributed by atoms with Crippen molar-refractivity contribution in [3.05, 3.63) is 28.7 Å². The van der Waals surface area contributed by atoms with Crippen molar-refractivity contribution in [2.45, 2.75) is 28.3 Å². The fourth-order valence-corrected chi connectivity index (χ4v) is 4.76. The van der Waals surface area contributed by atoms with Gasteiger partial charge >= 0.3 is 0 Å². The van der Waals surface area contributed by atoms with Gasteiger partial charge in [-0.25, -0.2) is 8.42 Å². The van der Waals surface area contributed by atoms with Crippen LogP contribution in [0.4, 0.5) is 5.13 Å². The van der Waals surface area contributed by atoms with Gasteiger partial charge in [0.1, 0.15) is 0 Å². The molecule has 108 valence electrons. The maximum atomic E-state index is 12.2. The molecule has 0 radical (unpaired) electrons. The molecule has 0 unspecified atom stereocenters. The minimum absolute atomic E-state index is 0.189. The molecule has 5 nitrogen and oxygen atoms in total. The summed E-state index contributed by atoms with van der Waals surface area (Å²) in [4.78, 5) is 0.189. The van der Waals surface area contributed by atoms with Gasteiger partial charge in [-0.05, 0) is 24.3 Å². The van der Waals surface area contributed by atoms with E-state index in [1.54, 1.807) is 23.9 Å². The van der Waals surface area contributed by atoms with Crippen LogP contribution in [0.1, 0.15) is 13.8 Å². The molecule has 1 heterocycles. The maximum Gasteiger partial charge on any atom is 0.263 e. The van der Waals surface area contributed by atoms with E-state index in [0.29, 0.717) is 5.25 Å². The average molecular weight is 394 g/mol. The van der Waals surface area contributed by atoms with E-state index in [1.165, 1.54) is 23.5 Å². The summed E-state index contributed by atoms with van der Waals surface area (Å²) in [5.74, 6) is 0. The second kappa shape index (κ2) is 6.42. The minimum Gasteiger partial charge on any atom is -0.253 e. The van der Waals surface area contributed by atoms with Gasteiger partial charge in [0, 0.05) is 9.72 Å². The first kappa shape index (κ1) is 15.7. The molecule has 1 aromatic heterocycles. The van der Waals surface area contributed by atoms with E-state index in [0.717, 1.165) is 8.81 Å². The smallest absolute Gasteiger partial charge is 0.253 e. The van der Waals surface area contributed by atoms with Crippen LogP contribution in [0.2, 0.25) is 0 Å². The van der Waals surface area contributed by atoms with Gasteiger partial charge < -0.3 is 0 Å². The van der Waals surface area contributed by atoms with Crippen LogP contribution in [0.5, 0.6) is 0 Å². The van der Waals surface area contributed by atoms with Gasteiger partial charge in [-0.1, -0.05) is 52.9 Å². The molecule has 0 aliphatic carbocycles. The Morgan fingerprint density at radius 2 is 1.90 bits per heavy atom. The van der Waals surface area contributed by atoms with Crippen LogP contribution >= 0.6 is 39.0 Å². The third-order valence-corrected chi connectivity index (χ3v) is 6.03. The van der Waals surface area contributed by atoms with Crippen molar-refractivity contribution in [3.8, 4) is 0 Å². The number of nitrogens with one attached hydrogen (secondary N) is 1. The second-order valence-corrected chi connectivity index (χ2v) is 9.50. The molecule has 0 saturated heterocycles. The molecule has 1 N–H and O–H groups in total. The Morgan fingerprint density at radius 1 is 1.25 bits per heavy atom. The quantitative estimate of drug-likeness (QED) is 0.785. The summed E-state index contributed by atoms with van der Waals surface area (Å²) in [5, 5.41) is 8.44. The van der Waals surface area contributed by atoms with Gasteiger partial charge in [-0.15, -0.1) is 10.2 Å². The zero-order valence-corrected chi connectivity index (χ0v) is 14.7. The van der Waals surface area contributed by atoms with Crippen molar-refractivity contribution in [2.24, 2.45) is 0 Å². The summed E-state index contributed by atoms with van der Waals surface area (Å²) in [6, 6.07) is 6.40. The Kier molecular flexibility index (Phi) is 5.05. The van der Waals surface area contributed by atoms with Gasteiger partial charge in [0.15, 0.2) is 4.34 Å². The lowest BCUT2D eigenvalue weighted by molar-refractivity contribution is 0.601. The number of nitrogens with zero attached hydrogens (tertiary/aromatic N) is 2. The number of rotatable bonds is 5. The summed E-state index contributed by atoms with van der Waals surface area (Å²) in [6.45, 7) is 4.08. The second-order valence-electron chi connectivity index (χ2n) is 4.10. The van der Waals surface area contributed by atoms with Crippen molar-refractivity contribution in [1.29, 1.82) is 0 Å². The van der Waals surface area contributed by atoms with Crippen LogP contribution in [-0.2, 0) is 10.0 Å². The molecule has 0 atom stereocenters. The highest BCUT2D eigenvalue weighted by Gasteiger charge is 2.17. The van der Waals surface area contributed by atoms with Gasteiger partial charge in [-0.2, -0.15) is 0 Å². The lowest BCUT2D eigenvalue weighted by Crippen LogP contribution is -2.12. The Labute approximate surface area is 134 Å². The highest BCUT2D eigenvalue weighted by Crippen LogP contribution is 2.29. The molecule has 20 heavy (non-hydrogen) atoms. The fourth-order valence-electron chi connectivity index (χ4n) is 1.29. The van der Waals surface area contributed by atoms with Crippen LogP contribution in [-0.4, -0.2) is 23.9 Å². The van der Waals surface area contributed by atoms with E-state index in [2.05, 4.69) is 30.8 Å². The predicted octanol–water partition coefficient (Wildman–Crippen LogP) is 3.60. The molecule has 0 amide bonds. The van der Waals surface area contributed by atoms with Crippen LogP contribution in [0, 0.1) is 0 Å². The van der Waals surface area contributed by atoms with Crippen LogP contribution in [0.3, 0.4) is 0 Å². The van der Waals surface area contributed by atoms with E-state index in [1.807, 2.05) is 13.8 Å². The van der Waals surface area contributed by atoms with E-state index in [4.69, 9.17) is 0 Å². The largest absolute Gasteiger partial charge is 0.263 e. The first-order valence-corrected chi connectivity index (χ1v) is 9.62. The Balaban J connectivity index is 2.16. The number of sulfonamides is 1. The molecular weight excluding hydrogens is 382 g/mol. The molecule has 0 aliphatic heterocycles. The first-order chi connectivity index (χ1) is 9.37. The molecule has 0 spiro atoms. The van der Waals surface area contributed by atoms with Crippen molar-refractivity contribution >= 4 is 54.2 Å². The third kappa shape index (κ3) is 4.18. The summed E-state index contributed by atoms with van der Waals surface area (Å²) >= 11 is 6.04. The molecule has 2 rings (SSSR count). The number of anilines is 1. The van der Waals surface area contributed by atoms with Gasteiger partial charge in [0.2, 0.25) is 5.13 Å². The zero-order valence-electron chi connectivity index (χ0n) is 10.7. The maximum absolute atomic E-state index is 12.2. The van der Waals surface area contributed by atoms with Crippen LogP contribution in [0.15, 0.2) is 38.0 Å². The SMILES string of the molecule is CC(C)Sc1nnc(NS(=O)(=O)c2ccc(Br)cc2)s1. The van der Waals surface area contributed by atoms with Crippen LogP contribution in [0.25, 0.3) is 0 Å². The van der Waals surface area contributed by atoms with Gasteiger partial charge in [0.05, 0.1) is 4.90 Å². The number of hydrogen-bond donors (Lipinski definition) is 1. The Hall–Kier alpha value is -0.640. The number of halogens is 1. The lowest BCUT2D eigenvalue weighted by atomic mass is 10.4. The van der Waals surface area contributed by atoms with E-state index >= 15 is 0 Å². The highest BCUT2D eigenvalue weighted by molar-refractivity contribution is 9.10. The fraction of sp³-hybridized carbons (Fsp3) is 0.273. The monoisotopic (exact) mass is 393 g/mol. The number of thioether (sulfide) groups is 1. The Morgan fingerprint density at radius 3 is 2.50 bits per heavy atom. The molecule has 9 heteroatoms. The number of aromatic nitrogens is 2. The predicted molar refractivity (Wildman–Crippen MR) is 85.9 cm³/mol. The molecule has 0 aliphatic rings. The summed E-state index contributed by atoms with van der Waals surface area (Å²) < 4.78 is 28.3. The summed E-state index contributed by atoms with van der Waals surface area (Å²) in [5.41, 5.74) is 0. The average Bonchev–Trinajstić information content (AvgIpc) is 2.75. The Bertz CT molecular complexity index is 683. The number of hydrogen-bond acceptors (Lipinski definition) is 6. The topological polar surface area (TPSA) is 72.0 Å². The van der Waals surface area contributed by atoms with E-state index in [9.17, 15) is 8.42 Å². The summed E-state index contributed by atoms with van der Waals surface area (Å²) in [6.07, 6.45) is 0. The summed E-state index contributed by atoms with van der Waals surface area (Å²) in [7, 11) is -3.62. The highest BCUT2D eigenvalue weighted by atomic mass is 79.9. The molecule has 2 aromatic rings. The standard InChI is InChI=1S/C11H12BrN3O2S3/c1-7(2)18-11-14-13-10(19-11)15-20(16,17)9-5-3-8(12)4-6-9/h3-7H,1-2H3,(H,13,15). The third-order valence-electron chi connectivity index (χ3n) is 2.09. The molecule has 0 fully saturated rings. The molecule has 1 aromatic carbocycles.